The summed E-state index contributed by atoms with van der Waals surface area (Å²) in [5.74, 6) is 1.65. The van der Waals surface area contributed by atoms with Gasteiger partial charge in [0.2, 0.25) is 0 Å². The van der Waals surface area contributed by atoms with Crippen molar-refractivity contribution in [3.05, 3.63) is 0 Å². The van der Waals surface area contributed by atoms with Gasteiger partial charge in [-0.15, -0.1) is 0 Å². The minimum atomic E-state index is 0.333. The van der Waals surface area contributed by atoms with Crippen LogP contribution in [0.5, 0.6) is 0 Å². The van der Waals surface area contributed by atoms with Gasteiger partial charge in [0.1, 0.15) is 5.78 Å². The summed E-state index contributed by atoms with van der Waals surface area (Å²) in [6.45, 7) is 5.26. The van der Waals surface area contributed by atoms with Crippen molar-refractivity contribution in [2.45, 2.75) is 45.4 Å². The first-order valence-electron chi connectivity index (χ1n) is 6.48. The summed E-state index contributed by atoms with van der Waals surface area (Å²) in [5, 5.41) is 0. The molecule has 0 aromatic carbocycles. The van der Waals surface area contributed by atoms with Crippen LogP contribution in [0.2, 0.25) is 0 Å². The Balaban J connectivity index is 1.79. The molecule has 2 aliphatic rings. The molecule has 0 aromatic heterocycles. The van der Waals surface area contributed by atoms with Crippen molar-refractivity contribution < 1.29 is 4.79 Å². The van der Waals surface area contributed by atoms with Gasteiger partial charge in [-0.05, 0) is 45.1 Å². The van der Waals surface area contributed by atoms with Gasteiger partial charge in [0.25, 0.3) is 0 Å². The molecule has 1 aliphatic carbocycles. The topological polar surface area (TPSA) is 20.3 Å². The molecule has 0 spiro atoms. The van der Waals surface area contributed by atoms with E-state index >= 15 is 0 Å². The lowest BCUT2D eigenvalue weighted by Crippen LogP contribution is -2.40. The molecule has 1 atom stereocenters. The molecule has 2 fully saturated rings. The van der Waals surface area contributed by atoms with Gasteiger partial charge >= 0.3 is 0 Å². The first-order chi connectivity index (χ1) is 7.25. The van der Waals surface area contributed by atoms with Crippen LogP contribution >= 0.6 is 0 Å². The molecule has 2 heteroatoms. The molecule has 0 radical (unpaired) electrons. The Morgan fingerprint density at radius 3 is 2.60 bits per heavy atom. The molecule has 2 nitrogen and oxygen atoms in total. The summed E-state index contributed by atoms with van der Waals surface area (Å²) >= 11 is 0. The van der Waals surface area contributed by atoms with Crippen molar-refractivity contribution in [3.63, 3.8) is 0 Å². The molecule has 0 N–H and O–H groups in total. The lowest BCUT2D eigenvalue weighted by molar-refractivity contribution is -0.122. The van der Waals surface area contributed by atoms with E-state index in [0.717, 1.165) is 18.9 Å². The predicted molar refractivity (Wildman–Crippen MR) is 61.8 cm³/mol. The Kier molecular flexibility index (Phi) is 3.79. The van der Waals surface area contributed by atoms with E-state index in [9.17, 15) is 4.79 Å². The third-order valence-electron chi connectivity index (χ3n) is 4.07. The van der Waals surface area contributed by atoms with Gasteiger partial charge in [0, 0.05) is 19.0 Å². The number of carbonyl (C=O) groups excluding carboxylic acids is 1. The maximum absolute atomic E-state index is 11.4. The molecular weight excluding hydrogens is 186 g/mol. The zero-order chi connectivity index (χ0) is 10.7. The molecule has 1 aliphatic heterocycles. The third kappa shape index (κ3) is 3.04. The fourth-order valence-electron chi connectivity index (χ4n) is 3.11. The molecular formula is C13H23NO. The summed E-state index contributed by atoms with van der Waals surface area (Å²) in [6.07, 6.45) is 8.03. The van der Waals surface area contributed by atoms with Crippen LogP contribution in [-0.2, 0) is 4.79 Å². The number of likely N-dealkylation sites (tertiary alicyclic amines) is 1. The molecule has 86 valence electrons. The van der Waals surface area contributed by atoms with Crippen LogP contribution in [0.25, 0.3) is 0 Å². The van der Waals surface area contributed by atoms with Crippen LogP contribution in [0, 0.1) is 11.8 Å². The van der Waals surface area contributed by atoms with Gasteiger partial charge < -0.3 is 4.90 Å². The monoisotopic (exact) mass is 209 g/mol. The highest BCUT2D eigenvalue weighted by Gasteiger charge is 2.25. The van der Waals surface area contributed by atoms with Crippen molar-refractivity contribution in [3.8, 4) is 0 Å². The molecule has 1 unspecified atom stereocenters. The maximum Gasteiger partial charge on any atom is 0.134 e. The van der Waals surface area contributed by atoms with Gasteiger partial charge in [-0.3, -0.25) is 4.79 Å². The summed E-state index contributed by atoms with van der Waals surface area (Å²) in [4.78, 5) is 13.9. The van der Waals surface area contributed by atoms with Gasteiger partial charge in [-0.25, -0.2) is 0 Å². The van der Waals surface area contributed by atoms with Crippen molar-refractivity contribution in [1.82, 2.24) is 4.90 Å². The Bertz CT molecular complexity index is 221. The molecule has 1 saturated carbocycles. The SMILES string of the molecule is CC(=O)C1CCCN(CC2CCCC2)C1. The van der Waals surface area contributed by atoms with Crippen LogP contribution in [0.4, 0.5) is 0 Å². The Morgan fingerprint density at radius 2 is 1.93 bits per heavy atom. The molecule has 15 heavy (non-hydrogen) atoms. The zero-order valence-electron chi connectivity index (χ0n) is 9.87. The Morgan fingerprint density at radius 1 is 1.20 bits per heavy atom. The fourth-order valence-corrected chi connectivity index (χ4v) is 3.11. The number of carbonyl (C=O) groups is 1. The number of ketones is 1. The van der Waals surface area contributed by atoms with E-state index in [2.05, 4.69) is 4.90 Å². The van der Waals surface area contributed by atoms with Crippen molar-refractivity contribution >= 4 is 5.78 Å². The largest absolute Gasteiger partial charge is 0.302 e. The van der Waals surface area contributed by atoms with Crippen molar-refractivity contribution in [2.24, 2.45) is 11.8 Å². The summed E-state index contributed by atoms with van der Waals surface area (Å²) < 4.78 is 0. The lowest BCUT2D eigenvalue weighted by Gasteiger charge is -2.33. The van der Waals surface area contributed by atoms with Crippen LogP contribution in [0.15, 0.2) is 0 Å². The first-order valence-corrected chi connectivity index (χ1v) is 6.48. The van der Waals surface area contributed by atoms with Gasteiger partial charge in [0.05, 0.1) is 0 Å². The second-order valence-electron chi connectivity index (χ2n) is 5.36. The molecule has 1 saturated heterocycles. The number of Topliss-reactive ketones (excluding diaryl/α,β-unsaturated/α-hetero) is 1. The summed E-state index contributed by atoms with van der Waals surface area (Å²) in [7, 11) is 0. The van der Waals surface area contributed by atoms with E-state index in [1.165, 1.54) is 45.2 Å². The molecule has 0 aromatic rings. The smallest absolute Gasteiger partial charge is 0.134 e. The highest BCUT2D eigenvalue weighted by atomic mass is 16.1. The first kappa shape index (κ1) is 11.1. The van der Waals surface area contributed by atoms with E-state index in [1.807, 2.05) is 0 Å². The van der Waals surface area contributed by atoms with E-state index in [-0.39, 0.29) is 0 Å². The van der Waals surface area contributed by atoms with E-state index in [1.54, 1.807) is 6.92 Å². The number of hydrogen-bond acceptors (Lipinski definition) is 2. The third-order valence-corrected chi connectivity index (χ3v) is 4.07. The average molecular weight is 209 g/mol. The molecule has 2 rings (SSSR count). The quantitative estimate of drug-likeness (QED) is 0.711. The minimum Gasteiger partial charge on any atom is -0.302 e. The van der Waals surface area contributed by atoms with Gasteiger partial charge in [-0.2, -0.15) is 0 Å². The standard InChI is InChI=1S/C13H23NO/c1-11(15)13-7-4-8-14(10-13)9-12-5-2-3-6-12/h12-13H,2-10H2,1H3. The maximum atomic E-state index is 11.4. The highest BCUT2D eigenvalue weighted by Crippen LogP contribution is 2.27. The number of piperidine rings is 1. The van der Waals surface area contributed by atoms with Crippen LogP contribution in [0.3, 0.4) is 0 Å². The van der Waals surface area contributed by atoms with E-state index < -0.39 is 0 Å². The van der Waals surface area contributed by atoms with Crippen molar-refractivity contribution in [2.75, 3.05) is 19.6 Å². The Hall–Kier alpha value is -0.370. The van der Waals surface area contributed by atoms with Crippen molar-refractivity contribution in [1.29, 1.82) is 0 Å². The van der Waals surface area contributed by atoms with E-state index in [4.69, 9.17) is 0 Å². The zero-order valence-corrected chi connectivity index (χ0v) is 9.87. The average Bonchev–Trinajstić information content (AvgIpc) is 2.71. The van der Waals surface area contributed by atoms with Crippen LogP contribution in [-0.4, -0.2) is 30.3 Å². The Labute approximate surface area is 93.0 Å². The van der Waals surface area contributed by atoms with Gasteiger partial charge in [-0.1, -0.05) is 12.8 Å². The van der Waals surface area contributed by atoms with Crippen LogP contribution < -0.4 is 0 Å². The molecule has 0 bridgehead atoms. The number of hydrogen-bond donors (Lipinski definition) is 0. The predicted octanol–water partition coefficient (Wildman–Crippen LogP) is 2.48. The summed E-state index contributed by atoms with van der Waals surface area (Å²) in [6, 6.07) is 0. The van der Waals surface area contributed by atoms with Gasteiger partial charge in [0.15, 0.2) is 0 Å². The molecule has 1 heterocycles. The lowest BCUT2D eigenvalue weighted by atomic mass is 9.93. The number of rotatable bonds is 3. The van der Waals surface area contributed by atoms with Crippen LogP contribution in [0.1, 0.15) is 45.4 Å². The second-order valence-corrected chi connectivity index (χ2v) is 5.36. The highest BCUT2D eigenvalue weighted by molar-refractivity contribution is 5.78. The second kappa shape index (κ2) is 5.11. The number of nitrogens with zero attached hydrogens (tertiary/aromatic N) is 1. The van der Waals surface area contributed by atoms with E-state index in [0.29, 0.717) is 11.7 Å². The minimum absolute atomic E-state index is 0.333. The fraction of sp³-hybridized carbons (Fsp3) is 0.923. The molecule has 0 amide bonds. The normalized spacial score (nSPS) is 29.5. The summed E-state index contributed by atoms with van der Waals surface area (Å²) in [5.41, 5.74) is 0.